The van der Waals surface area contributed by atoms with E-state index in [1.165, 1.54) is 12.8 Å². The number of aromatic nitrogens is 3. The molecule has 3 rings (SSSR count). The van der Waals surface area contributed by atoms with Gasteiger partial charge in [-0.1, -0.05) is 6.07 Å². The largest absolute Gasteiger partial charge is 0.327 e. The minimum atomic E-state index is 0.240. The van der Waals surface area contributed by atoms with Gasteiger partial charge in [0.1, 0.15) is 5.82 Å². The summed E-state index contributed by atoms with van der Waals surface area (Å²) >= 11 is 1.65. The molecule has 5 heteroatoms. The van der Waals surface area contributed by atoms with Gasteiger partial charge in [0.15, 0.2) is 5.82 Å². The molecule has 1 aliphatic carbocycles. The predicted octanol–water partition coefficient (Wildman–Crippen LogP) is 1.81. The van der Waals surface area contributed by atoms with Crippen molar-refractivity contribution in [2.45, 2.75) is 25.3 Å². The van der Waals surface area contributed by atoms with Crippen LogP contribution in [0.3, 0.4) is 0 Å². The van der Waals surface area contributed by atoms with Gasteiger partial charge in [-0.25, -0.2) is 4.98 Å². The van der Waals surface area contributed by atoms with Crippen LogP contribution in [0.4, 0.5) is 0 Å². The topological polar surface area (TPSA) is 67.6 Å². The first-order valence-electron chi connectivity index (χ1n) is 5.53. The lowest BCUT2D eigenvalue weighted by Gasteiger charge is -2.05. The summed E-state index contributed by atoms with van der Waals surface area (Å²) in [6, 6.07) is 4.27. The molecule has 0 radical (unpaired) electrons. The molecule has 3 N–H and O–H groups in total. The maximum absolute atomic E-state index is 6.05. The fraction of sp³-hybridized carbons (Fsp3) is 0.455. The van der Waals surface area contributed by atoms with Gasteiger partial charge >= 0.3 is 0 Å². The van der Waals surface area contributed by atoms with Crippen LogP contribution in [0, 0.1) is 5.92 Å². The van der Waals surface area contributed by atoms with Gasteiger partial charge in [0.05, 0.1) is 4.88 Å². The summed E-state index contributed by atoms with van der Waals surface area (Å²) < 4.78 is 0. The number of aromatic amines is 1. The van der Waals surface area contributed by atoms with Crippen LogP contribution in [0.1, 0.15) is 18.7 Å². The number of thiophene rings is 1. The van der Waals surface area contributed by atoms with Crippen molar-refractivity contribution in [3.8, 4) is 10.7 Å². The van der Waals surface area contributed by atoms with E-state index in [-0.39, 0.29) is 6.04 Å². The number of hydrogen-bond acceptors (Lipinski definition) is 4. The molecule has 0 amide bonds. The third-order valence-corrected chi connectivity index (χ3v) is 3.80. The molecule has 0 aromatic carbocycles. The SMILES string of the molecule is NC(Cc1nc(-c2cccs2)n[nH]1)C1CC1. The predicted molar refractivity (Wildman–Crippen MR) is 64.1 cm³/mol. The van der Waals surface area contributed by atoms with E-state index < -0.39 is 0 Å². The van der Waals surface area contributed by atoms with Gasteiger partial charge in [0.25, 0.3) is 0 Å². The van der Waals surface area contributed by atoms with Crippen LogP contribution in [0.5, 0.6) is 0 Å². The number of hydrogen-bond donors (Lipinski definition) is 2. The zero-order valence-corrected chi connectivity index (χ0v) is 9.70. The summed E-state index contributed by atoms with van der Waals surface area (Å²) in [5, 5.41) is 9.21. The Bertz CT molecular complexity index is 458. The Morgan fingerprint density at radius 3 is 3.12 bits per heavy atom. The number of nitrogens with one attached hydrogen (secondary N) is 1. The Kier molecular flexibility index (Phi) is 2.49. The Labute approximate surface area is 97.9 Å². The molecule has 1 atom stereocenters. The van der Waals surface area contributed by atoms with Gasteiger partial charge in [0, 0.05) is 12.5 Å². The van der Waals surface area contributed by atoms with Gasteiger partial charge in [-0.2, -0.15) is 5.10 Å². The van der Waals surface area contributed by atoms with Crippen LogP contribution in [0.2, 0.25) is 0 Å². The van der Waals surface area contributed by atoms with E-state index in [1.807, 2.05) is 17.5 Å². The Morgan fingerprint density at radius 1 is 1.56 bits per heavy atom. The highest BCUT2D eigenvalue weighted by molar-refractivity contribution is 7.13. The molecular formula is C11H14N4S. The molecule has 4 nitrogen and oxygen atoms in total. The second kappa shape index (κ2) is 3.99. The van der Waals surface area contributed by atoms with Crippen LogP contribution in [0.25, 0.3) is 10.7 Å². The molecule has 84 valence electrons. The van der Waals surface area contributed by atoms with E-state index in [0.717, 1.165) is 22.9 Å². The molecule has 1 aliphatic rings. The molecule has 0 spiro atoms. The summed E-state index contributed by atoms with van der Waals surface area (Å²) in [5.41, 5.74) is 6.05. The second-order valence-corrected chi connectivity index (χ2v) is 5.24. The molecule has 2 aromatic heterocycles. The molecule has 1 saturated carbocycles. The molecular weight excluding hydrogens is 220 g/mol. The zero-order valence-electron chi connectivity index (χ0n) is 8.89. The Morgan fingerprint density at radius 2 is 2.44 bits per heavy atom. The maximum Gasteiger partial charge on any atom is 0.191 e. The smallest absolute Gasteiger partial charge is 0.191 e. The minimum absolute atomic E-state index is 0.240. The second-order valence-electron chi connectivity index (χ2n) is 4.29. The quantitative estimate of drug-likeness (QED) is 0.847. The third-order valence-electron chi connectivity index (χ3n) is 2.93. The average Bonchev–Trinajstić information content (AvgIpc) is 2.80. The number of rotatable bonds is 4. The van der Waals surface area contributed by atoms with Crippen LogP contribution in [0.15, 0.2) is 17.5 Å². The van der Waals surface area contributed by atoms with Gasteiger partial charge in [-0.3, -0.25) is 5.10 Å². The standard InChI is InChI=1S/C11H14N4S/c12-8(7-3-4-7)6-10-13-11(15-14-10)9-2-1-5-16-9/h1-2,5,7-8H,3-4,6,12H2,(H,13,14,15). The van der Waals surface area contributed by atoms with Gasteiger partial charge in [0.2, 0.25) is 0 Å². The highest BCUT2D eigenvalue weighted by Crippen LogP contribution is 2.32. The van der Waals surface area contributed by atoms with Crippen molar-refractivity contribution < 1.29 is 0 Å². The van der Waals surface area contributed by atoms with Crippen LogP contribution < -0.4 is 5.73 Å². The molecule has 1 fully saturated rings. The van der Waals surface area contributed by atoms with Crippen LogP contribution in [-0.4, -0.2) is 21.2 Å². The fourth-order valence-corrected chi connectivity index (χ4v) is 2.47. The first-order chi connectivity index (χ1) is 7.83. The highest BCUT2D eigenvalue weighted by Gasteiger charge is 2.29. The molecule has 1 unspecified atom stereocenters. The van der Waals surface area contributed by atoms with Crippen molar-refractivity contribution in [3.63, 3.8) is 0 Å². The summed E-state index contributed by atoms with van der Waals surface area (Å²) in [5.74, 6) is 2.39. The molecule has 0 bridgehead atoms. The maximum atomic E-state index is 6.05. The first-order valence-corrected chi connectivity index (χ1v) is 6.41. The molecule has 0 saturated heterocycles. The van der Waals surface area contributed by atoms with Crippen molar-refractivity contribution in [2.75, 3.05) is 0 Å². The minimum Gasteiger partial charge on any atom is -0.327 e. The van der Waals surface area contributed by atoms with E-state index in [9.17, 15) is 0 Å². The van der Waals surface area contributed by atoms with E-state index in [0.29, 0.717) is 5.92 Å². The van der Waals surface area contributed by atoms with E-state index in [4.69, 9.17) is 5.73 Å². The zero-order chi connectivity index (χ0) is 11.0. The summed E-state index contributed by atoms with van der Waals surface area (Å²) in [7, 11) is 0. The van der Waals surface area contributed by atoms with Gasteiger partial charge in [-0.15, -0.1) is 11.3 Å². The van der Waals surface area contributed by atoms with Crippen molar-refractivity contribution in [3.05, 3.63) is 23.3 Å². The van der Waals surface area contributed by atoms with Crippen molar-refractivity contribution in [1.29, 1.82) is 0 Å². The monoisotopic (exact) mass is 234 g/mol. The van der Waals surface area contributed by atoms with Gasteiger partial charge < -0.3 is 5.73 Å². The summed E-state index contributed by atoms with van der Waals surface area (Å²) in [6.07, 6.45) is 3.35. The molecule has 2 heterocycles. The van der Waals surface area contributed by atoms with Crippen LogP contribution in [-0.2, 0) is 6.42 Å². The normalized spacial score (nSPS) is 17.6. The Balaban J connectivity index is 1.72. The molecule has 2 aromatic rings. The first kappa shape index (κ1) is 9.99. The number of nitrogens with two attached hydrogens (primary N) is 1. The lowest BCUT2D eigenvalue weighted by Crippen LogP contribution is -2.25. The number of nitrogens with zero attached hydrogens (tertiary/aromatic N) is 2. The van der Waals surface area contributed by atoms with E-state index in [1.54, 1.807) is 11.3 Å². The lowest BCUT2D eigenvalue weighted by molar-refractivity contribution is 0.576. The lowest BCUT2D eigenvalue weighted by atomic mass is 10.1. The van der Waals surface area contributed by atoms with Crippen molar-refractivity contribution >= 4 is 11.3 Å². The van der Waals surface area contributed by atoms with Crippen molar-refractivity contribution in [1.82, 2.24) is 15.2 Å². The average molecular weight is 234 g/mol. The van der Waals surface area contributed by atoms with Crippen molar-refractivity contribution in [2.24, 2.45) is 11.7 Å². The third kappa shape index (κ3) is 2.01. The molecule has 0 aliphatic heterocycles. The highest BCUT2D eigenvalue weighted by atomic mass is 32.1. The fourth-order valence-electron chi connectivity index (χ4n) is 1.82. The summed E-state index contributed by atoms with van der Waals surface area (Å²) in [4.78, 5) is 5.57. The van der Waals surface area contributed by atoms with E-state index in [2.05, 4.69) is 15.2 Å². The Hall–Kier alpha value is -1.20. The number of H-pyrrole nitrogens is 1. The van der Waals surface area contributed by atoms with Gasteiger partial charge in [-0.05, 0) is 30.2 Å². The van der Waals surface area contributed by atoms with E-state index >= 15 is 0 Å². The van der Waals surface area contributed by atoms with Crippen LogP contribution >= 0.6 is 11.3 Å². The molecule has 16 heavy (non-hydrogen) atoms. The summed E-state index contributed by atoms with van der Waals surface area (Å²) in [6.45, 7) is 0.